The molecule has 0 atom stereocenters. The smallest absolute Gasteiger partial charge is 0.303 e. The van der Waals surface area contributed by atoms with Crippen LogP contribution in [0.2, 0.25) is 0 Å². The first-order valence-corrected chi connectivity index (χ1v) is 8.68. The monoisotopic (exact) mass is 317 g/mol. The summed E-state index contributed by atoms with van der Waals surface area (Å²) in [4.78, 5) is 22.3. The van der Waals surface area contributed by atoms with Crippen LogP contribution in [0.15, 0.2) is 30.3 Å². The van der Waals surface area contributed by atoms with Crippen molar-refractivity contribution in [2.45, 2.75) is 57.3 Å². The van der Waals surface area contributed by atoms with Crippen LogP contribution in [0.3, 0.4) is 0 Å². The Morgan fingerprint density at radius 1 is 1.04 bits per heavy atom. The zero-order valence-corrected chi connectivity index (χ0v) is 13.7. The largest absolute Gasteiger partial charge is 0.481 e. The molecule has 1 aromatic rings. The number of carbonyl (C=O) groups is 2. The van der Waals surface area contributed by atoms with E-state index in [0.29, 0.717) is 31.2 Å². The van der Waals surface area contributed by atoms with Crippen molar-refractivity contribution in [2.75, 3.05) is 6.54 Å². The number of carbonyl (C=O) groups excluding carboxylic acids is 1. The predicted molar refractivity (Wildman–Crippen MR) is 90.3 cm³/mol. The van der Waals surface area contributed by atoms with E-state index in [1.165, 1.54) is 18.4 Å². The Labute approximate surface area is 138 Å². The van der Waals surface area contributed by atoms with E-state index in [-0.39, 0.29) is 12.3 Å². The first-order valence-electron chi connectivity index (χ1n) is 8.68. The summed E-state index contributed by atoms with van der Waals surface area (Å²) in [6, 6.07) is 10.7. The topological polar surface area (TPSA) is 66.4 Å². The molecule has 0 bridgehead atoms. The number of aliphatic carboxylic acids is 1. The Morgan fingerprint density at radius 2 is 1.74 bits per heavy atom. The normalized spacial score (nSPS) is 20.9. The van der Waals surface area contributed by atoms with Crippen LogP contribution >= 0.6 is 0 Å². The third-order valence-corrected chi connectivity index (χ3v) is 4.73. The van der Waals surface area contributed by atoms with Crippen molar-refractivity contribution in [3.05, 3.63) is 35.9 Å². The fourth-order valence-corrected chi connectivity index (χ4v) is 3.39. The molecule has 0 aromatic heterocycles. The minimum atomic E-state index is -0.772. The minimum Gasteiger partial charge on any atom is -0.481 e. The molecule has 1 saturated carbocycles. The second kappa shape index (κ2) is 9.33. The highest BCUT2D eigenvalue weighted by Crippen LogP contribution is 2.36. The number of nitrogens with one attached hydrogen (secondary N) is 1. The summed E-state index contributed by atoms with van der Waals surface area (Å²) in [5, 5.41) is 11.5. The van der Waals surface area contributed by atoms with Gasteiger partial charge in [-0.3, -0.25) is 9.59 Å². The molecule has 4 heteroatoms. The summed E-state index contributed by atoms with van der Waals surface area (Å²) in [6.07, 6.45) is 6.72. The highest BCUT2D eigenvalue weighted by Gasteiger charge is 2.23. The number of rotatable bonds is 8. The average Bonchev–Trinajstić information content (AvgIpc) is 2.56. The molecular weight excluding hydrogens is 290 g/mol. The number of hydrogen-bond donors (Lipinski definition) is 2. The predicted octanol–water partition coefficient (Wildman–Crippen LogP) is 3.72. The van der Waals surface area contributed by atoms with Gasteiger partial charge in [-0.25, -0.2) is 0 Å². The molecule has 0 radical (unpaired) electrons. The molecule has 0 heterocycles. The molecule has 4 nitrogen and oxygen atoms in total. The highest BCUT2D eigenvalue weighted by atomic mass is 16.4. The minimum absolute atomic E-state index is 0.114. The van der Waals surface area contributed by atoms with Crippen molar-refractivity contribution < 1.29 is 14.7 Å². The van der Waals surface area contributed by atoms with Gasteiger partial charge in [-0.05, 0) is 55.9 Å². The maximum Gasteiger partial charge on any atom is 0.303 e. The van der Waals surface area contributed by atoms with Gasteiger partial charge in [-0.2, -0.15) is 0 Å². The molecule has 0 saturated heterocycles. The molecule has 0 spiro atoms. The molecule has 126 valence electrons. The number of amides is 1. The van der Waals surface area contributed by atoms with E-state index < -0.39 is 5.97 Å². The molecular formula is C19H27NO3. The fraction of sp³-hybridized carbons (Fsp3) is 0.579. The van der Waals surface area contributed by atoms with E-state index in [2.05, 4.69) is 35.6 Å². The van der Waals surface area contributed by atoms with Crippen molar-refractivity contribution in [3.63, 3.8) is 0 Å². The maximum atomic E-state index is 11.9. The van der Waals surface area contributed by atoms with E-state index >= 15 is 0 Å². The van der Waals surface area contributed by atoms with E-state index in [9.17, 15) is 9.59 Å². The van der Waals surface area contributed by atoms with Gasteiger partial charge < -0.3 is 10.4 Å². The standard InChI is InChI=1S/C19H27NO3/c21-18(20-13-5-4-8-19(22)23)14-15-9-11-17(12-10-15)16-6-2-1-3-7-16/h1-3,6-7,15,17H,4-5,8-14H2,(H,20,21)(H,22,23). The van der Waals surface area contributed by atoms with Crippen molar-refractivity contribution in [3.8, 4) is 0 Å². The van der Waals surface area contributed by atoms with Crippen molar-refractivity contribution in [2.24, 2.45) is 5.92 Å². The number of hydrogen-bond acceptors (Lipinski definition) is 2. The molecule has 1 aliphatic rings. The van der Waals surface area contributed by atoms with E-state index in [1.807, 2.05) is 0 Å². The lowest BCUT2D eigenvalue weighted by Crippen LogP contribution is -2.28. The number of carboxylic acids is 1. The lowest BCUT2D eigenvalue weighted by atomic mass is 9.77. The van der Waals surface area contributed by atoms with Gasteiger partial charge in [0.25, 0.3) is 0 Å². The van der Waals surface area contributed by atoms with Crippen molar-refractivity contribution in [1.82, 2.24) is 5.32 Å². The van der Waals surface area contributed by atoms with Crippen LogP contribution in [-0.4, -0.2) is 23.5 Å². The Kier molecular flexibility index (Phi) is 7.11. The maximum absolute atomic E-state index is 11.9. The summed E-state index contributed by atoms with van der Waals surface area (Å²) in [6.45, 7) is 0.589. The van der Waals surface area contributed by atoms with Crippen molar-refractivity contribution in [1.29, 1.82) is 0 Å². The summed E-state index contributed by atoms with van der Waals surface area (Å²) in [5.41, 5.74) is 1.42. The van der Waals surface area contributed by atoms with Crippen LogP contribution in [-0.2, 0) is 9.59 Å². The van der Waals surface area contributed by atoms with Gasteiger partial charge in [0.2, 0.25) is 5.91 Å². The second-order valence-corrected chi connectivity index (χ2v) is 6.53. The van der Waals surface area contributed by atoms with Crippen LogP contribution in [0, 0.1) is 5.92 Å². The van der Waals surface area contributed by atoms with E-state index in [0.717, 1.165) is 19.3 Å². The number of benzene rings is 1. The Morgan fingerprint density at radius 3 is 2.39 bits per heavy atom. The Bertz CT molecular complexity index is 493. The highest BCUT2D eigenvalue weighted by molar-refractivity contribution is 5.76. The average molecular weight is 317 g/mol. The summed E-state index contributed by atoms with van der Waals surface area (Å²) >= 11 is 0. The van der Waals surface area contributed by atoms with Gasteiger partial charge in [-0.1, -0.05) is 30.3 Å². The summed E-state index contributed by atoms with van der Waals surface area (Å²) in [5.74, 6) is 0.482. The Balaban J connectivity index is 1.60. The lowest BCUT2D eigenvalue weighted by molar-refractivity contribution is -0.137. The van der Waals surface area contributed by atoms with E-state index in [4.69, 9.17) is 5.11 Å². The van der Waals surface area contributed by atoms with Gasteiger partial charge in [-0.15, -0.1) is 0 Å². The van der Waals surface area contributed by atoms with Crippen LogP contribution in [0.25, 0.3) is 0 Å². The van der Waals surface area contributed by atoms with Crippen molar-refractivity contribution >= 4 is 11.9 Å². The molecule has 2 N–H and O–H groups in total. The number of unbranched alkanes of at least 4 members (excludes halogenated alkanes) is 1. The van der Waals surface area contributed by atoms with Crippen LogP contribution in [0.1, 0.15) is 62.8 Å². The third kappa shape index (κ3) is 6.43. The molecule has 0 unspecified atom stereocenters. The van der Waals surface area contributed by atoms with Gasteiger partial charge in [0, 0.05) is 19.4 Å². The van der Waals surface area contributed by atoms with Gasteiger partial charge >= 0.3 is 5.97 Å². The zero-order valence-electron chi connectivity index (χ0n) is 13.7. The molecule has 1 aliphatic carbocycles. The fourth-order valence-electron chi connectivity index (χ4n) is 3.39. The second-order valence-electron chi connectivity index (χ2n) is 6.53. The van der Waals surface area contributed by atoms with E-state index in [1.54, 1.807) is 0 Å². The molecule has 0 aliphatic heterocycles. The molecule has 1 fully saturated rings. The number of carboxylic acid groups (broad SMARTS) is 1. The third-order valence-electron chi connectivity index (χ3n) is 4.73. The van der Waals surface area contributed by atoms with Gasteiger partial charge in [0.05, 0.1) is 0 Å². The molecule has 1 amide bonds. The molecule has 2 rings (SSSR count). The summed E-state index contributed by atoms with van der Waals surface area (Å²) in [7, 11) is 0. The van der Waals surface area contributed by atoms with Crippen LogP contribution in [0.4, 0.5) is 0 Å². The zero-order chi connectivity index (χ0) is 16.5. The molecule has 1 aromatic carbocycles. The molecule has 23 heavy (non-hydrogen) atoms. The van der Waals surface area contributed by atoms with Crippen LogP contribution in [0.5, 0.6) is 0 Å². The lowest BCUT2D eigenvalue weighted by Gasteiger charge is -2.28. The van der Waals surface area contributed by atoms with Gasteiger partial charge in [0.15, 0.2) is 0 Å². The first-order chi connectivity index (χ1) is 11.1. The van der Waals surface area contributed by atoms with Gasteiger partial charge in [0.1, 0.15) is 0 Å². The SMILES string of the molecule is O=C(O)CCCCNC(=O)CC1CCC(c2ccccc2)CC1. The summed E-state index contributed by atoms with van der Waals surface area (Å²) < 4.78 is 0. The van der Waals surface area contributed by atoms with Crippen LogP contribution < -0.4 is 5.32 Å². The first kappa shape index (κ1) is 17.5. The Hall–Kier alpha value is -1.84. The quantitative estimate of drug-likeness (QED) is 0.718.